The first-order valence-corrected chi connectivity index (χ1v) is 5.90. The number of halogens is 1. The fourth-order valence-electron chi connectivity index (χ4n) is 2.43. The first-order valence-electron chi connectivity index (χ1n) is 5.36. The van der Waals surface area contributed by atoms with Crippen LogP contribution in [-0.4, -0.2) is 15.4 Å². The quantitative estimate of drug-likeness (QED) is 0.689. The summed E-state index contributed by atoms with van der Waals surface area (Å²) in [6.07, 6.45) is 9.09. The maximum absolute atomic E-state index is 5.92. The lowest BCUT2D eigenvalue weighted by Gasteiger charge is -2.29. The number of aryl methyl sites for hydroxylation is 1. The van der Waals surface area contributed by atoms with Crippen molar-refractivity contribution in [3.05, 3.63) is 18.2 Å². The summed E-state index contributed by atoms with van der Waals surface area (Å²) >= 11 is 5.92. The number of aromatic nitrogens is 2. The molecule has 14 heavy (non-hydrogen) atoms. The Morgan fingerprint density at radius 2 is 2.43 bits per heavy atom. The van der Waals surface area contributed by atoms with Gasteiger partial charge in [0, 0.05) is 24.3 Å². The summed E-state index contributed by atoms with van der Waals surface area (Å²) in [5.74, 6) is 2.65. The number of hydrogen-bond donors (Lipinski definition) is 0. The maximum Gasteiger partial charge on any atom is 0.105 e. The van der Waals surface area contributed by atoms with Crippen molar-refractivity contribution >= 4 is 11.6 Å². The Labute approximate surface area is 90.3 Å². The molecule has 1 fully saturated rings. The van der Waals surface area contributed by atoms with Crippen LogP contribution in [0.1, 0.15) is 37.5 Å². The van der Waals surface area contributed by atoms with Gasteiger partial charge in [-0.05, 0) is 32.1 Å². The Morgan fingerprint density at radius 1 is 1.57 bits per heavy atom. The largest absolute Gasteiger partial charge is 0.332 e. The molecule has 1 heterocycles. The second-order valence-corrected chi connectivity index (χ2v) is 4.53. The molecule has 1 saturated carbocycles. The third kappa shape index (κ3) is 1.95. The number of nitrogens with zero attached hydrogens (tertiary/aromatic N) is 2. The fourth-order valence-corrected chi connectivity index (χ4v) is 2.71. The van der Waals surface area contributed by atoms with Crippen LogP contribution in [0, 0.1) is 12.8 Å². The van der Waals surface area contributed by atoms with E-state index < -0.39 is 0 Å². The molecule has 0 radical (unpaired) electrons. The molecule has 0 bridgehead atoms. The van der Waals surface area contributed by atoms with Crippen molar-refractivity contribution in [1.82, 2.24) is 9.55 Å². The molecule has 0 aliphatic heterocycles. The van der Waals surface area contributed by atoms with Crippen LogP contribution in [0.3, 0.4) is 0 Å². The van der Waals surface area contributed by atoms with Crippen LogP contribution in [0.4, 0.5) is 0 Å². The lowest BCUT2D eigenvalue weighted by molar-refractivity contribution is 0.282. The third-order valence-electron chi connectivity index (χ3n) is 3.23. The summed E-state index contributed by atoms with van der Waals surface area (Å²) in [4.78, 5) is 4.27. The average molecular weight is 213 g/mol. The van der Waals surface area contributed by atoms with E-state index in [2.05, 4.69) is 22.7 Å². The van der Waals surface area contributed by atoms with E-state index in [0.29, 0.717) is 12.0 Å². The van der Waals surface area contributed by atoms with E-state index in [1.807, 2.05) is 6.20 Å². The number of hydrogen-bond acceptors (Lipinski definition) is 1. The Hall–Kier alpha value is -0.500. The fraction of sp³-hybridized carbons (Fsp3) is 0.727. The summed E-state index contributed by atoms with van der Waals surface area (Å²) < 4.78 is 2.30. The van der Waals surface area contributed by atoms with E-state index in [0.717, 1.165) is 11.7 Å². The number of alkyl halides is 1. The van der Waals surface area contributed by atoms with Gasteiger partial charge in [-0.1, -0.05) is 6.42 Å². The van der Waals surface area contributed by atoms with Crippen LogP contribution in [-0.2, 0) is 0 Å². The predicted molar refractivity (Wildman–Crippen MR) is 58.7 cm³/mol. The SMILES string of the molecule is Cc1nccn1C1CCCC(CCl)C1. The first kappa shape index (κ1) is 10.0. The Morgan fingerprint density at radius 3 is 3.07 bits per heavy atom. The van der Waals surface area contributed by atoms with Gasteiger partial charge in [-0.2, -0.15) is 0 Å². The van der Waals surface area contributed by atoms with Gasteiger partial charge in [0.1, 0.15) is 5.82 Å². The zero-order valence-corrected chi connectivity index (χ0v) is 9.37. The maximum atomic E-state index is 5.92. The van der Waals surface area contributed by atoms with Crippen LogP contribution in [0.25, 0.3) is 0 Å². The highest BCUT2D eigenvalue weighted by atomic mass is 35.5. The molecule has 1 aliphatic carbocycles. The van der Waals surface area contributed by atoms with E-state index >= 15 is 0 Å². The second-order valence-electron chi connectivity index (χ2n) is 4.22. The van der Waals surface area contributed by atoms with E-state index in [1.165, 1.54) is 25.7 Å². The molecule has 3 heteroatoms. The van der Waals surface area contributed by atoms with Crippen molar-refractivity contribution in [1.29, 1.82) is 0 Å². The molecule has 0 aromatic carbocycles. The van der Waals surface area contributed by atoms with Gasteiger partial charge in [-0.3, -0.25) is 0 Å². The predicted octanol–water partition coefficient (Wildman–Crippen LogP) is 3.16. The van der Waals surface area contributed by atoms with Crippen LogP contribution in [0.2, 0.25) is 0 Å². The Balaban J connectivity index is 2.08. The zero-order chi connectivity index (χ0) is 9.97. The highest BCUT2D eigenvalue weighted by Gasteiger charge is 2.22. The molecule has 1 aromatic rings. The van der Waals surface area contributed by atoms with E-state index in [1.54, 1.807) is 0 Å². The van der Waals surface area contributed by atoms with Gasteiger partial charge >= 0.3 is 0 Å². The van der Waals surface area contributed by atoms with Crippen molar-refractivity contribution in [3.8, 4) is 0 Å². The van der Waals surface area contributed by atoms with Gasteiger partial charge in [-0.15, -0.1) is 11.6 Å². The molecule has 0 spiro atoms. The Bertz CT molecular complexity index is 295. The standard InChI is InChI=1S/C11H17ClN2/c1-9-13-5-6-14(9)11-4-2-3-10(7-11)8-12/h5-6,10-11H,2-4,7-8H2,1H3. The van der Waals surface area contributed by atoms with Gasteiger partial charge in [0.25, 0.3) is 0 Å². The topological polar surface area (TPSA) is 17.8 Å². The van der Waals surface area contributed by atoms with E-state index in [-0.39, 0.29) is 0 Å². The zero-order valence-electron chi connectivity index (χ0n) is 8.62. The highest BCUT2D eigenvalue weighted by Crippen LogP contribution is 2.33. The Kier molecular flexibility index (Phi) is 3.12. The van der Waals surface area contributed by atoms with Gasteiger partial charge < -0.3 is 4.57 Å². The minimum absolute atomic E-state index is 0.634. The third-order valence-corrected chi connectivity index (χ3v) is 3.67. The molecule has 1 aliphatic rings. The van der Waals surface area contributed by atoms with Gasteiger partial charge in [0.2, 0.25) is 0 Å². The molecule has 78 valence electrons. The summed E-state index contributed by atoms with van der Waals surface area (Å²) in [6.45, 7) is 2.07. The minimum atomic E-state index is 0.634. The summed E-state index contributed by atoms with van der Waals surface area (Å²) in [6, 6.07) is 0.634. The highest BCUT2D eigenvalue weighted by molar-refractivity contribution is 6.18. The number of imidazole rings is 1. The van der Waals surface area contributed by atoms with Crippen LogP contribution < -0.4 is 0 Å². The lowest BCUT2D eigenvalue weighted by atomic mass is 9.87. The minimum Gasteiger partial charge on any atom is -0.332 e. The lowest BCUT2D eigenvalue weighted by Crippen LogP contribution is -2.20. The molecule has 2 unspecified atom stereocenters. The van der Waals surface area contributed by atoms with E-state index in [9.17, 15) is 0 Å². The van der Waals surface area contributed by atoms with Gasteiger partial charge in [-0.25, -0.2) is 4.98 Å². The smallest absolute Gasteiger partial charge is 0.105 e. The van der Waals surface area contributed by atoms with Crippen LogP contribution in [0.15, 0.2) is 12.4 Å². The molecule has 1 aromatic heterocycles. The second kappa shape index (κ2) is 4.35. The first-order chi connectivity index (χ1) is 6.81. The summed E-state index contributed by atoms with van der Waals surface area (Å²) in [7, 11) is 0. The van der Waals surface area contributed by atoms with Crippen LogP contribution in [0.5, 0.6) is 0 Å². The molecule has 2 atom stereocenters. The molecular formula is C11H17ClN2. The van der Waals surface area contributed by atoms with Crippen molar-refractivity contribution in [2.24, 2.45) is 5.92 Å². The molecule has 2 nitrogen and oxygen atoms in total. The summed E-state index contributed by atoms with van der Waals surface area (Å²) in [5, 5.41) is 0. The monoisotopic (exact) mass is 212 g/mol. The molecule has 0 N–H and O–H groups in total. The molecule has 2 rings (SSSR count). The van der Waals surface area contributed by atoms with Gasteiger partial charge in [0.05, 0.1) is 0 Å². The normalized spacial score (nSPS) is 27.9. The van der Waals surface area contributed by atoms with Crippen molar-refractivity contribution < 1.29 is 0 Å². The average Bonchev–Trinajstić information content (AvgIpc) is 2.65. The van der Waals surface area contributed by atoms with Crippen molar-refractivity contribution in [2.45, 2.75) is 38.6 Å². The molecule has 0 saturated heterocycles. The van der Waals surface area contributed by atoms with Crippen LogP contribution >= 0.6 is 11.6 Å². The summed E-state index contributed by atoms with van der Waals surface area (Å²) in [5.41, 5.74) is 0. The van der Waals surface area contributed by atoms with Crippen molar-refractivity contribution in [3.63, 3.8) is 0 Å². The van der Waals surface area contributed by atoms with Crippen molar-refractivity contribution in [2.75, 3.05) is 5.88 Å². The molecule has 0 amide bonds. The van der Waals surface area contributed by atoms with E-state index in [4.69, 9.17) is 11.6 Å². The number of rotatable bonds is 2. The molecular weight excluding hydrogens is 196 g/mol. The van der Waals surface area contributed by atoms with Gasteiger partial charge in [0.15, 0.2) is 0 Å².